The van der Waals surface area contributed by atoms with Crippen LogP contribution in [0.25, 0.3) is 0 Å². The molecule has 1 aliphatic rings. The molecule has 2 rings (SSSR count). The van der Waals surface area contributed by atoms with Crippen LogP contribution in [0.15, 0.2) is 11.4 Å². The fraction of sp³-hybridized carbons (Fsp3) is 0.462. The number of rotatable bonds is 3. The molecule has 1 aliphatic heterocycles. The first-order chi connectivity index (χ1) is 8.99. The summed E-state index contributed by atoms with van der Waals surface area (Å²) in [5.74, 6) is -1.58. The van der Waals surface area contributed by atoms with E-state index in [1.807, 2.05) is 0 Å². The predicted octanol–water partition coefficient (Wildman–Crippen LogP) is 1.89. The zero-order valence-electron chi connectivity index (χ0n) is 10.6. The van der Waals surface area contributed by atoms with Crippen molar-refractivity contribution in [1.29, 1.82) is 0 Å². The molecule has 1 N–H and O–H groups in total. The van der Waals surface area contributed by atoms with Gasteiger partial charge in [-0.05, 0) is 25.8 Å². The average molecular weight is 281 g/mol. The van der Waals surface area contributed by atoms with E-state index in [9.17, 15) is 14.4 Å². The van der Waals surface area contributed by atoms with Crippen LogP contribution in [0, 0.1) is 5.92 Å². The molecule has 1 saturated heterocycles. The molecule has 1 aromatic rings. The summed E-state index contributed by atoms with van der Waals surface area (Å²) in [5.41, 5.74) is 0.528. The number of nitrogens with zero attached hydrogens (tertiary/aromatic N) is 1. The highest BCUT2D eigenvalue weighted by molar-refractivity contribution is 7.12. The van der Waals surface area contributed by atoms with Crippen molar-refractivity contribution in [3.05, 3.63) is 21.9 Å². The van der Waals surface area contributed by atoms with E-state index in [1.165, 1.54) is 18.3 Å². The van der Waals surface area contributed by atoms with E-state index < -0.39 is 11.9 Å². The largest absolute Gasteiger partial charge is 0.481 e. The summed E-state index contributed by atoms with van der Waals surface area (Å²) in [7, 11) is 0. The SMILES string of the molecule is CC(=O)c1csc(C(=O)N2CCC[C@H](C(=O)O)C2)c1. The van der Waals surface area contributed by atoms with Gasteiger partial charge < -0.3 is 10.0 Å². The summed E-state index contributed by atoms with van der Waals surface area (Å²) in [6, 6.07) is 1.58. The van der Waals surface area contributed by atoms with Gasteiger partial charge in [-0.2, -0.15) is 0 Å². The standard InChI is InChI=1S/C13H15NO4S/c1-8(15)10-5-11(19-7-10)12(16)14-4-2-3-9(6-14)13(17)18/h5,7,9H,2-4,6H2,1H3,(H,17,18)/t9-/m0/s1. The van der Waals surface area contributed by atoms with Gasteiger partial charge in [-0.15, -0.1) is 11.3 Å². The molecule has 0 aromatic carbocycles. The zero-order valence-corrected chi connectivity index (χ0v) is 11.4. The quantitative estimate of drug-likeness (QED) is 0.858. The molecule has 1 fully saturated rings. The number of likely N-dealkylation sites (tertiary alicyclic amines) is 1. The maximum absolute atomic E-state index is 12.2. The first-order valence-corrected chi connectivity index (χ1v) is 6.98. The van der Waals surface area contributed by atoms with Crippen LogP contribution in [0.3, 0.4) is 0 Å². The number of ketones is 1. The van der Waals surface area contributed by atoms with Crippen LogP contribution < -0.4 is 0 Å². The molecule has 1 atom stereocenters. The van der Waals surface area contributed by atoms with Crippen molar-refractivity contribution in [1.82, 2.24) is 4.90 Å². The van der Waals surface area contributed by atoms with E-state index in [1.54, 1.807) is 16.3 Å². The van der Waals surface area contributed by atoms with E-state index in [0.29, 0.717) is 29.8 Å². The molecule has 19 heavy (non-hydrogen) atoms. The van der Waals surface area contributed by atoms with Gasteiger partial charge in [0.15, 0.2) is 5.78 Å². The van der Waals surface area contributed by atoms with Gasteiger partial charge in [-0.1, -0.05) is 0 Å². The van der Waals surface area contributed by atoms with E-state index in [2.05, 4.69) is 0 Å². The smallest absolute Gasteiger partial charge is 0.308 e. The van der Waals surface area contributed by atoms with E-state index >= 15 is 0 Å². The lowest BCUT2D eigenvalue weighted by Gasteiger charge is -2.30. The Morgan fingerprint density at radius 2 is 2.16 bits per heavy atom. The summed E-state index contributed by atoms with van der Waals surface area (Å²) in [4.78, 5) is 36.5. The number of Topliss-reactive ketones (excluding diaryl/α,β-unsaturated/α-hetero) is 1. The molecule has 6 heteroatoms. The number of thiophene rings is 1. The third-order valence-corrected chi connectivity index (χ3v) is 4.19. The van der Waals surface area contributed by atoms with Gasteiger partial charge in [-0.25, -0.2) is 0 Å². The number of amides is 1. The molecule has 0 radical (unpaired) electrons. The maximum atomic E-state index is 12.2. The number of carboxylic acid groups (broad SMARTS) is 1. The van der Waals surface area contributed by atoms with Crippen molar-refractivity contribution < 1.29 is 19.5 Å². The van der Waals surface area contributed by atoms with Crippen LogP contribution in [0.2, 0.25) is 0 Å². The molecule has 0 saturated carbocycles. The van der Waals surface area contributed by atoms with Crippen molar-refractivity contribution in [2.24, 2.45) is 5.92 Å². The monoisotopic (exact) mass is 281 g/mol. The molecule has 0 aliphatic carbocycles. The lowest BCUT2D eigenvalue weighted by Crippen LogP contribution is -2.42. The maximum Gasteiger partial charge on any atom is 0.308 e. The highest BCUT2D eigenvalue weighted by Gasteiger charge is 2.29. The summed E-state index contributed by atoms with van der Waals surface area (Å²) < 4.78 is 0. The molecule has 102 valence electrons. The number of piperidine rings is 1. The second-order valence-electron chi connectivity index (χ2n) is 4.68. The number of carboxylic acids is 1. The van der Waals surface area contributed by atoms with Crippen LogP contribution in [0.4, 0.5) is 0 Å². The van der Waals surface area contributed by atoms with E-state index in [0.717, 1.165) is 0 Å². The Balaban J connectivity index is 2.10. The van der Waals surface area contributed by atoms with Gasteiger partial charge in [0.25, 0.3) is 5.91 Å². The van der Waals surface area contributed by atoms with Gasteiger partial charge in [0.2, 0.25) is 0 Å². The fourth-order valence-corrected chi connectivity index (χ4v) is 3.06. The number of aliphatic carboxylic acids is 1. The molecule has 0 spiro atoms. The minimum absolute atomic E-state index is 0.0719. The Morgan fingerprint density at radius 3 is 2.74 bits per heavy atom. The Hall–Kier alpha value is -1.69. The topological polar surface area (TPSA) is 74.7 Å². The Labute approximate surface area is 114 Å². The second-order valence-corrected chi connectivity index (χ2v) is 5.60. The number of hydrogen-bond donors (Lipinski definition) is 1. The van der Waals surface area contributed by atoms with E-state index in [4.69, 9.17) is 5.11 Å². The third-order valence-electron chi connectivity index (χ3n) is 3.27. The summed E-state index contributed by atoms with van der Waals surface area (Å²) in [5, 5.41) is 10.7. The first-order valence-electron chi connectivity index (χ1n) is 6.10. The van der Waals surface area contributed by atoms with Gasteiger partial charge >= 0.3 is 5.97 Å². The van der Waals surface area contributed by atoms with Gasteiger partial charge in [0, 0.05) is 24.0 Å². The predicted molar refractivity (Wildman–Crippen MR) is 70.6 cm³/mol. The van der Waals surface area contributed by atoms with Crippen LogP contribution in [0.1, 0.15) is 39.8 Å². The molecule has 5 nitrogen and oxygen atoms in total. The fourth-order valence-electron chi connectivity index (χ4n) is 2.15. The summed E-state index contributed by atoms with van der Waals surface area (Å²) in [6.07, 6.45) is 1.32. The minimum atomic E-state index is -0.854. The van der Waals surface area contributed by atoms with Crippen LogP contribution in [0.5, 0.6) is 0 Å². The highest BCUT2D eigenvalue weighted by Crippen LogP contribution is 2.22. The molecule has 1 aromatic heterocycles. The molecule has 0 bridgehead atoms. The average Bonchev–Trinajstić information content (AvgIpc) is 2.87. The Morgan fingerprint density at radius 1 is 1.42 bits per heavy atom. The van der Waals surface area contributed by atoms with Crippen LogP contribution >= 0.6 is 11.3 Å². The molecular formula is C13H15NO4S. The number of carbonyl (C=O) groups excluding carboxylic acids is 2. The van der Waals surface area contributed by atoms with E-state index in [-0.39, 0.29) is 18.2 Å². The lowest BCUT2D eigenvalue weighted by molar-refractivity contribution is -0.143. The third kappa shape index (κ3) is 3.01. The lowest BCUT2D eigenvalue weighted by atomic mass is 9.98. The normalized spacial score (nSPS) is 19.2. The molecular weight excluding hydrogens is 266 g/mol. The summed E-state index contributed by atoms with van der Waals surface area (Å²) in [6.45, 7) is 2.29. The second kappa shape index (κ2) is 5.52. The Bertz CT molecular complexity index is 522. The van der Waals surface area contributed by atoms with Crippen molar-refractivity contribution in [3.63, 3.8) is 0 Å². The highest BCUT2D eigenvalue weighted by atomic mass is 32.1. The van der Waals surface area contributed by atoms with Crippen molar-refractivity contribution >= 4 is 29.0 Å². The molecule has 0 unspecified atom stereocenters. The minimum Gasteiger partial charge on any atom is -0.481 e. The van der Waals surface area contributed by atoms with Crippen LogP contribution in [-0.4, -0.2) is 40.8 Å². The summed E-state index contributed by atoms with van der Waals surface area (Å²) >= 11 is 1.23. The first kappa shape index (κ1) is 13.7. The van der Waals surface area contributed by atoms with Gasteiger partial charge in [-0.3, -0.25) is 14.4 Å². The molecule has 1 amide bonds. The van der Waals surface area contributed by atoms with Gasteiger partial charge in [0.1, 0.15) is 0 Å². The number of hydrogen-bond acceptors (Lipinski definition) is 4. The Kier molecular flexibility index (Phi) is 3.99. The zero-order chi connectivity index (χ0) is 14.0. The molecule has 2 heterocycles. The van der Waals surface area contributed by atoms with Crippen LogP contribution in [-0.2, 0) is 4.79 Å². The van der Waals surface area contributed by atoms with Crippen molar-refractivity contribution in [2.75, 3.05) is 13.1 Å². The number of carbonyl (C=O) groups is 3. The van der Waals surface area contributed by atoms with Crippen molar-refractivity contribution in [3.8, 4) is 0 Å². The van der Waals surface area contributed by atoms with Gasteiger partial charge in [0.05, 0.1) is 10.8 Å². The van der Waals surface area contributed by atoms with Crippen molar-refractivity contribution in [2.45, 2.75) is 19.8 Å².